The number of halogens is 1. The number of carbonyl (C=O) groups excluding carboxylic acids is 1. The first-order chi connectivity index (χ1) is 9.00. The molecule has 1 amide bonds. The molecule has 1 atom stereocenters. The van der Waals surface area contributed by atoms with Crippen molar-refractivity contribution in [2.75, 3.05) is 11.9 Å². The van der Waals surface area contributed by atoms with E-state index in [4.69, 9.17) is 0 Å². The molecule has 1 saturated heterocycles. The van der Waals surface area contributed by atoms with Crippen LogP contribution in [0.2, 0.25) is 0 Å². The van der Waals surface area contributed by atoms with E-state index in [2.05, 4.69) is 21.2 Å². The normalized spacial score (nSPS) is 25.9. The molecule has 1 fully saturated rings. The molecule has 0 aromatic heterocycles. The molecule has 0 aliphatic carbocycles. The summed E-state index contributed by atoms with van der Waals surface area (Å²) >= 11 is 3.29. The minimum absolute atomic E-state index is 0.174. The molecule has 1 unspecified atom stereocenters. The number of amides is 1. The van der Waals surface area contributed by atoms with Gasteiger partial charge in [0.2, 0.25) is 15.9 Å². The molecule has 2 aliphatic heterocycles. The molecule has 102 valence electrons. The Hall–Kier alpha value is -0.920. The van der Waals surface area contributed by atoms with Gasteiger partial charge in [-0.05, 0) is 31.0 Å². The van der Waals surface area contributed by atoms with Gasteiger partial charge in [-0.1, -0.05) is 22.4 Å². The van der Waals surface area contributed by atoms with Crippen LogP contribution in [0.5, 0.6) is 0 Å². The zero-order chi connectivity index (χ0) is 13.6. The molecule has 0 radical (unpaired) electrons. The fourth-order valence-electron chi connectivity index (χ4n) is 2.62. The van der Waals surface area contributed by atoms with Crippen LogP contribution in [0.1, 0.15) is 19.3 Å². The summed E-state index contributed by atoms with van der Waals surface area (Å²) in [6, 6.07) is 4.26. The van der Waals surface area contributed by atoms with Crippen LogP contribution in [-0.2, 0) is 14.8 Å². The second-order valence-electron chi connectivity index (χ2n) is 4.76. The predicted molar refractivity (Wildman–Crippen MR) is 74.3 cm³/mol. The highest BCUT2D eigenvalue weighted by atomic mass is 79.9. The summed E-state index contributed by atoms with van der Waals surface area (Å²) in [6.07, 6.45) is 2.26. The summed E-state index contributed by atoms with van der Waals surface area (Å²) in [4.78, 5) is 12.4. The number of fused-ring (bicyclic) bond motifs is 2. The second kappa shape index (κ2) is 4.57. The second-order valence-corrected chi connectivity index (χ2v) is 7.53. The van der Waals surface area contributed by atoms with Crippen LogP contribution in [0.4, 0.5) is 5.69 Å². The zero-order valence-electron chi connectivity index (χ0n) is 10.1. The van der Waals surface area contributed by atoms with E-state index in [0.29, 0.717) is 18.7 Å². The first-order valence-corrected chi connectivity index (χ1v) is 8.36. The van der Waals surface area contributed by atoms with E-state index in [0.717, 1.165) is 17.3 Å². The van der Waals surface area contributed by atoms with Gasteiger partial charge < -0.3 is 5.32 Å². The zero-order valence-corrected chi connectivity index (χ0v) is 12.5. The quantitative estimate of drug-likeness (QED) is 0.782. The van der Waals surface area contributed by atoms with Crippen molar-refractivity contribution in [3.63, 3.8) is 0 Å². The van der Waals surface area contributed by atoms with E-state index < -0.39 is 16.1 Å². The van der Waals surface area contributed by atoms with Crippen LogP contribution in [0, 0.1) is 0 Å². The lowest BCUT2D eigenvalue weighted by atomic mass is 10.0. The molecule has 5 nitrogen and oxygen atoms in total. The van der Waals surface area contributed by atoms with Crippen molar-refractivity contribution >= 4 is 37.5 Å². The van der Waals surface area contributed by atoms with Gasteiger partial charge in [0.1, 0.15) is 10.9 Å². The highest BCUT2D eigenvalue weighted by Gasteiger charge is 2.41. The van der Waals surface area contributed by atoms with Crippen molar-refractivity contribution in [2.45, 2.75) is 30.2 Å². The maximum atomic E-state index is 12.6. The van der Waals surface area contributed by atoms with E-state index in [1.54, 1.807) is 12.1 Å². The molecule has 2 heterocycles. The first-order valence-electron chi connectivity index (χ1n) is 6.12. The number of rotatable bonds is 0. The minimum Gasteiger partial charge on any atom is -0.323 e. The third kappa shape index (κ3) is 2.09. The van der Waals surface area contributed by atoms with Gasteiger partial charge in [0.15, 0.2) is 0 Å². The lowest BCUT2D eigenvalue weighted by Crippen LogP contribution is -2.47. The summed E-state index contributed by atoms with van der Waals surface area (Å²) in [6.45, 7) is 0.413. The van der Waals surface area contributed by atoms with Crippen molar-refractivity contribution in [1.29, 1.82) is 0 Å². The van der Waals surface area contributed by atoms with Gasteiger partial charge >= 0.3 is 0 Å². The Morgan fingerprint density at radius 2 is 2.11 bits per heavy atom. The molecular formula is C12H13BrN2O3S. The van der Waals surface area contributed by atoms with Gasteiger partial charge in [-0.25, -0.2) is 8.42 Å². The molecule has 2 aliphatic rings. The Balaban J connectivity index is 2.19. The van der Waals surface area contributed by atoms with Gasteiger partial charge in [0, 0.05) is 11.0 Å². The van der Waals surface area contributed by atoms with Crippen LogP contribution in [0.15, 0.2) is 27.6 Å². The topological polar surface area (TPSA) is 66.5 Å². The van der Waals surface area contributed by atoms with Gasteiger partial charge in [-0.15, -0.1) is 0 Å². The Bertz CT molecular complexity index is 644. The SMILES string of the molecule is O=C1Nc2cc(Br)ccc2S(=O)(=O)N2CCCCC12. The summed E-state index contributed by atoms with van der Waals surface area (Å²) in [7, 11) is -3.60. The summed E-state index contributed by atoms with van der Waals surface area (Å²) < 4.78 is 27.3. The van der Waals surface area contributed by atoms with Crippen molar-refractivity contribution in [1.82, 2.24) is 4.31 Å². The Kier molecular flexibility index (Phi) is 3.15. The fraction of sp³-hybridized carbons (Fsp3) is 0.417. The van der Waals surface area contributed by atoms with Crippen LogP contribution in [0.3, 0.4) is 0 Å². The van der Waals surface area contributed by atoms with Crippen molar-refractivity contribution in [2.24, 2.45) is 0 Å². The maximum Gasteiger partial charge on any atom is 0.245 e. The third-order valence-electron chi connectivity index (χ3n) is 3.54. The number of benzene rings is 1. The average Bonchev–Trinajstić information content (AvgIpc) is 2.45. The van der Waals surface area contributed by atoms with E-state index in [9.17, 15) is 13.2 Å². The van der Waals surface area contributed by atoms with Crippen molar-refractivity contribution in [3.8, 4) is 0 Å². The Morgan fingerprint density at radius 3 is 2.89 bits per heavy atom. The molecule has 1 aromatic rings. The molecular weight excluding hydrogens is 332 g/mol. The fourth-order valence-corrected chi connectivity index (χ4v) is 4.77. The lowest BCUT2D eigenvalue weighted by Gasteiger charge is -2.31. The monoisotopic (exact) mass is 344 g/mol. The molecule has 0 saturated carbocycles. The van der Waals surface area contributed by atoms with Gasteiger partial charge in [0.25, 0.3) is 0 Å². The number of hydrogen-bond acceptors (Lipinski definition) is 3. The van der Waals surface area contributed by atoms with E-state index >= 15 is 0 Å². The van der Waals surface area contributed by atoms with Gasteiger partial charge in [0.05, 0.1) is 5.69 Å². The van der Waals surface area contributed by atoms with Gasteiger partial charge in [-0.3, -0.25) is 4.79 Å². The number of carbonyl (C=O) groups is 1. The molecule has 1 N–H and O–H groups in total. The number of nitrogens with one attached hydrogen (secondary N) is 1. The number of anilines is 1. The Labute approximate surface area is 120 Å². The van der Waals surface area contributed by atoms with Gasteiger partial charge in [-0.2, -0.15) is 4.31 Å². The molecule has 1 aromatic carbocycles. The van der Waals surface area contributed by atoms with Crippen LogP contribution < -0.4 is 5.32 Å². The minimum atomic E-state index is -3.60. The molecule has 19 heavy (non-hydrogen) atoms. The molecule has 7 heteroatoms. The summed E-state index contributed by atoms with van der Waals surface area (Å²) in [5.74, 6) is -0.236. The number of piperidine rings is 1. The predicted octanol–water partition coefficient (Wildman–Crippen LogP) is 1.94. The highest BCUT2D eigenvalue weighted by molar-refractivity contribution is 9.10. The summed E-state index contributed by atoms with van der Waals surface area (Å²) in [5, 5.41) is 2.73. The smallest absolute Gasteiger partial charge is 0.245 e. The lowest BCUT2D eigenvalue weighted by molar-refractivity contribution is -0.120. The Morgan fingerprint density at radius 1 is 1.32 bits per heavy atom. The maximum absolute atomic E-state index is 12.6. The van der Waals surface area contributed by atoms with E-state index in [-0.39, 0.29) is 10.8 Å². The van der Waals surface area contributed by atoms with E-state index in [1.165, 1.54) is 10.4 Å². The average molecular weight is 345 g/mol. The highest BCUT2D eigenvalue weighted by Crippen LogP contribution is 2.34. The molecule has 0 bridgehead atoms. The van der Waals surface area contributed by atoms with Crippen molar-refractivity contribution in [3.05, 3.63) is 22.7 Å². The first kappa shape index (κ1) is 13.1. The number of nitrogens with zero attached hydrogens (tertiary/aromatic N) is 1. The van der Waals surface area contributed by atoms with Crippen LogP contribution in [-0.4, -0.2) is 31.2 Å². The van der Waals surface area contributed by atoms with Crippen molar-refractivity contribution < 1.29 is 13.2 Å². The largest absolute Gasteiger partial charge is 0.323 e. The molecule has 3 rings (SSSR count). The summed E-state index contributed by atoms with van der Waals surface area (Å²) in [5.41, 5.74) is 0.355. The number of hydrogen-bond donors (Lipinski definition) is 1. The van der Waals surface area contributed by atoms with Crippen LogP contribution >= 0.6 is 15.9 Å². The standard InChI is InChI=1S/C12H13BrN2O3S/c13-8-4-5-11-9(7-8)14-12(16)10-3-1-2-6-15(10)19(11,17)18/h4-5,7,10H,1-3,6H2,(H,14,16). The number of sulfonamides is 1. The van der Waals surface area contributed by atoms with Crippen LogP contribution in [0.25, 0.3) is 0 Å². The molecule has 0 spiro atoms. The third-order valence-corrected chi connectivity index (χ3v) is 6.00. The van der Waals surface area contributed by atoms with E-state index in [1.807, 2.05) is 0 Å².